The molecular weight excluding hydrogens is 248 g/mol. The first kappa shape index (κ1) is 15.8. The van der Waals surface area contributed by atoms with E-state index in [0.29, 0.717) is 13.0 Å². The molecule has 2 amide bonds. The normalized spacial score (nSPS) is 21.5. The largest absolute Gasteiger partial charge is 0.444 e. The van der Waals surface area contributed by atoms with Crippen LogP contribution in [0, 0.1) is 5.92 Å². The number of rotatable bonds is 4. The molecule has 1 saturated heterocycles. The second-order valence-corrected chi connectivity index (χ2v) is 5.89. The van der Waals surface area contributed by atoms with Crippen LogP contribution >= 0.6 is 0 Å². The zero-order valence-corrected chi connectivity index (χ0v) is 11.9. The van der Waals surface area contributed by atoms with Gasteiger partial charge in [0.05, 0.1) is 12.6 Å². The lowest BCUT2D eigenvalue weighted by molar-refractivity contribution is -0.127. The summed E-state index contributed by atoms with van der Waals surface area (Å²) in [5, 5.41) is 14.7. The highest BCUT2D eigenvalue weighted by molar-refractivity contribution is 5.79. The van der Waals surface area contributed by atoms with Crippen LogP contribution in [0.15, 0.2) is 0 Å². The van der Waals surface area contributed by atoms with Crippen LogP contribution in [-0.4, -0.2) is 41.9 Å². The standard InChI is InChI=1S/C13H24N2O4/c1-13(2,3)19-12(18)15-10(8-16)7-9-5-4-6-14-11(9)17/h9-10,16H,4-8H2,1-3H3,(H,14,17)(H,15,18). The first-order valence-electron chi connectivity index (χ1n) is 6.70. The van der Waals surface area contributed by atoms with E-state index in [2.05, 4.69) is 10.6 Å². The fourth-order valence-corrected chi connectivity index (χ4v) is 2.06. The van der Waals surface area contributed by atoms with Gasteiger partial charge in [0, 0.05) is 12.5 Å². The molecule has 1 aliphatic rings. The molecule has 3 N–H and O–H groups in total. The molecule has 0 saturated carbocycles. The molecule has 1 rings (SSSR count). The van der Waals surface area contributed by atoms with Crippen molar-refractivity contribution in [2.45, 2.75) is 51.7 Å². The highest BCUT2D eigenvalue weighted by atomic mass is 16.6. The van der Waals surface area contributed by atoms with Gasteiger partial charge in [-0.25, -0.2) is 4.79 Å². The Kier molecular flexibility index (Phi) is 5.60. The summed E-state index contributed by atoms with van der Waals surface area (Å²) in [6.45, 7) is 5.82. The van der Waals surface area contributed by atoms with Gasteiger partial charge in [-0.3, -0.25) is 4.79 Å². The quantitative estimate of drug-likeness (QED) is 0.706. The molecule has 0 aromatic rings. The zero-order valence-electron chi connectivity index (χ0n) is 11.9. The van der Waals surface area contributed by atoms with Crippen LogP contribution in [0.25, 0.3) is 0 Å². The van der Waals surface area contributed by atoms with Crippen molar-refractivity contribution < 1.29 is 19.4 Å². The summed E-state index contributed by atoms with van der Waals surface area (Å²) in [5.74, 6) is -0.156. The van der Waals surface area contributed by atoms with E-state index in [0.717, 1.165) is 12.8 Å². The van der Waals surface area contributed by atoms with Crippen LogP contribution in [0.5, 0.6) is 0 Å². The van der Waals surface area contributed by atoms with E-state index in [1.165, 1.54) is 0 Å². The van der Waals surface area contributed by atoms with Crippen LogP contribution in [0.2, 0.25) is 0 Å². The summed E-state index contributed by atoms with van der Waals surface area (Å²) < 4.78 is 5.12. The van der Waals surface area contributed by atoms with Crippen molar-refractivity contribution >= 4 is 12.0 Å². The van der Waals surface area contributed by atoms with Crippen molar-refractivity contribution in [1.29, 1.82) is 0 Å². The minimum absolute atomic E-state index is 0.00399. The van der Waals surface area contributed by atoms with Crippen molar-refractivity contribution in [1.82, 2.24) is 10.6 Å². The van der Waals surface area contributed by atoms with Crippen molar-refractivity contribution in [3.05, 3.63) is 0 Å². The van der Waals surface area contributed by atoms with Gasteiger partial charge in [-0.05, 0) is 40.0 Å². The van der Waals surface area contributed by atoms with Crippen LogP contribution in [0.1, 0.15) is 40.0 Å². The van der Waals surface area contributed by atoms with E-state index < -0.39 is 17.7 Å². The topological polar surface area (TPSA) is 87.7 Å². The molecule has 1 heterocycles. The Morgan fingerprint density at radius 1 is 1.58 bits per heavy atom. The van der Waals surface area contributed by atoms with Gasteiger partial charge in [-0.1, -0.05) is 0 Å². The average Bonchev–Trinajstić information content (AvgIpc) is 2.28. The summed E-state index contributed by atoms with van der Waals surface area (Å²) in [7, 11) is 0. The third-order valence-corrected chi connectivity index (χ3v) is 2.91. The molecule has 1 aliphatic heterocycles. The molecule has 0 radical (unpaired) electrons. The lowest BCUT2D eigenvalue weighted by Crippen LogP contribution is -2.45. The summed E-state index contributed by atoms with van der Waals surface area (Å²) in [6.07, 6.45) is 1.59. The number of carbonyl (C=O) groups is 2. The predicted molar refractivity (Wildman–Crippen MR) is 70.6 cm³/mol. The summed E-state index contributed by atoms with van der Waals surface area (Å²) in [5.41, 5.74) is -0.577. The summed E-state index contributed by atoms with van der Waals surface area (Å²) >= 11 is 0. The maximum absolute atomic E-state index is 11.6. The number of amides is 2. The number of hydrogen-bond donors (Lipinski definition) is 3. The van der Waals surface area contributed by atoms with E-state index in [-0.39, 0.29) is 18.4 Å². The van der Waals surface area contributed by atoms with E-state index in [1.807, 2.05) is 0 Å². The second kappa shape index (κ2) is 6.75. The third-order valence-electron chi connectivity index (χ3n) is 2.91. The lowest BCUT2D eigenvalue weighted by Gasteiger charge is -2.27. The number of nitrogens with one attached hydrogen (secondary N) is 2. The van der Waals surface area contributed by atoms with Gasteiger partial charge in [-0.15, -0.1) is 0 Å². The maximum Gasteiger partial charge on any atom is 0.407 e. The van der Waals surface area contributed by atoms with Gasteiger partial charge >= 0.3 is 6.09 Å². The third kappa shape index (κ3) is 5.92. The number of hydrogen-bond acceptors (Lipinski definition) is 4. The molecule has 6 nitrogen and oxygen atoms in total. The zero-order chi connectivity index (χ0) is 14.5. The number of aliphatic hydroxyl groups excluding tert-OH is 1. The Hall–Kier alpha value is -1.30. The Morgan fingerprint density at radius 3 is 2.79 bits per heavy atom. The fourth-order valence-electron chi connectivity index (χ4n) is 2.06. The van der Waals surface area contributed by atoms with Crippen LogP contribution in [0.3, 0.4) is 0 Å². The SMILES string of the molecule is CC(C)(C)OC(=O)NC(CO)CC1CCCNC1=O. The minimum atomic E-state index is -0.577. The van der Waals surface area contributed by atoms with Gasteiger partial charge in [-0.2, -0.15) is 0 Å². The van der Waals surface area contributed by atoms with Crippen molar-refractivity contribution in [3.63, 3.8) is 0 Å². The van der Waals surface area contributed by atoms with Crippen molar-refractivity contribution in [2.75, 3.05) is 13.2 Å². The van der Waals surface area contributed by atoms with E-state index >= 15 is 0 Å². The molecule has 0 aliphatic carbocycles. The predicted octanol–water partition coefficient (Wildman–Crippen LogP) is 0.788. The smallest absolute Gasteiger partial charge is 0.407 e. The van der Waals surface area contributed by atoms with E-state index in [4.69, 9.17) is 4.74 Å². The minimum Gasteiger partial charge on any atom is -0.444 e. The molecule has 1 fully saturated rings. The van der Waals surface area contributed by atoms with Crippen LogP contribution in [-0.2, 0) is 9.53 Å². The monoisotopic (exact) mass is 272 g/mol. The highest BCUT2D eigenvalue weighted by Gasteiger charge is 2.27. The number of carbonyl (C=O) groups excluding carboxylic acids is 2. The first-order chi connectivity index (χ1) is 8.81. The van der Waals surface area contributed by atoms with Crippen LogP contribution < -0.4 is 10.6 Å². The van der Waals surface area contributed by atoms with Gasteiger partial charge in [0.15, 0.2) is 0 Å². The lowest BCUT2D eigenvalue weighted by atomic mass is 9.92. The molecule has 2 atom stereocenters. The van der Waals surface area contributed by atoms with Gasteiger partial charge < -0.3 is 20.5 Å². The van der Waals surface area contributed by atoms with Gasteiger partial charge in [0.1, 0.15) is 5.60 Å². The Balaban J connectivity index is 2.44. The van der Waals surface area contributed by atoms with Gasteiger partial charge in [0.25, 0.3) is 0 Å². The molecule has 6 heteroatoms. The van der Waals surface area contributed by atoms with Crippen molar-refractivity contribution in [3.8, 4) is 0 Å². The van der Waals surface area contributed by atoms with Crippen LogP contribution in [0.4, 0.5) is 4.79 Å². The maximum atomic E-state index is 11.6. The molecule has 110 valence electrons. The molecular formula is C13H24N2O4. The molecule has 2 unspecified atom stereocenters. The summed E-state index contributed by atoms with van der Waals surface area (Å²) in [6, 6.07) is -0.455. The first-order valence-corrected chi connectivity index (χ1v) is 6.70. The molecule has 0 aromatic heterocycles. The number of aliphatic hydroxyl groups is 1. The Morgan fingerprint density at radius 2 is 2.26 bits per heavy atom. The molecule has 0 spiro atoms. The number of piperidine rings is 1. The van der Waals surface area contributed by atoms with Crippen molar-refractivity contribution in [2.24, 2.45) is 5.92 Å². The Labute approximate surface area is 113 Å². The van der Waals surface area contributed by atoms with E-state index in [1.54, 1.807) is 20.8 Å². The average molecular weight is 272 g/mol. The molecule has 19 heavy (non-hydrogen) atoms. The summed E-state index contributed by atoms with van der Waals surface area (Å²) in [4.78, 5) is 23.2. The number of alkyl carbamates (subject to hydrolysis) is 1. The number of ether oxygens (including phenoxy) is 1. The molecule has 0 aromatic carbocycles. The van der Waals surface area contributed by atoms with Gasteiger partial charge in [0.2, 0.25) is 5.91 Å². The second-order valence-electron chi connectivity index (χ2n) is 5.89. The molecule has 0 bridgehead atoms. The van der Waals surface area contributed by atoms with E-state index in [9.17, 15) is 14.7 Å². The highest BCUT2D eigenvalue weighted by Crippen LogP contribution is 2.17. The fraction of sp³-hybridized carbons (Fsp3) is 0.846. The Bertz CT molecular complexity index is 325.